The molecule has 0 heterocycles. The van der Waals surface area contributed by atoms with Gasteiger partial charge in [-0.1, -0.05) is 0 Å². The molecule has 0 saturated heterocycles. The molecular formula is C10H13O3-. The normalized spacial score (nSPS) is 12.5. The quantitative estimate of drug-likeness (QED) is 0.564. The molecule has 1 aromatic rings. The van der Waals surface area contributed by atoms with Crippen molar-refractivity contribution in [1.82, 2.24) is 0 Å². The third-order valence-corrected chi connectivity index (χ3v) is 1.74. The highest BCUT2D eigenvalue weighted by Gasteiger charge is 2.08. The lowest BCUT2D eigenvalue weighted by Crippen LogP contribution is -2.09. The van der Waals surface area contributed by atoms with Crippen LogP contribution in [-0.4, -0.2) is 17.7 Å². The van der Waals surface area contributed by atoms with Gasteiger partial charge in [-0.2, -0.15) is 23.8 Å². The van der Waals surface area contributed by atoms with E-state index in [1.54, 1.807) is 19.1 Å². The van der Waals surface area contributed by atoms with Crippen LogP contribution in [0, 0.1) is 0 Å². The van der Waals surface area contributed by atoms with Crippen molar-refractivity contribution in [3.8, 4) is 0 Å². The van der Waals surface area contributed by atoms with Gasteiger partial charge in [-0.05, 0) is 6.92 Å². The van der Waals surface area contributed by atoms with Crippen LogP contribution >= 0.6 is 0 Å². The number of carbonyl (C=O) groups is 1. The first-order chi connectivity index (χ1) is 6.24. The Labute approximate surface area is 77.3 Å². The molecule has 1 aromatic carbocycles. The van der Waals surface area contributed by atoms with Gasteiger partial charge in [-0.3, -0.25) is 4.79 Å². The van der Waals surface area contributed by atoms with E-state index in [4.69, 9.17) is 4.74 Å². The van der Waals surface area contributed by atoms with E-state index >= 15 is 0 Å². The molecule has 0 radical (unpaired) electrons. The Morgan fingerprint density at radius 2 is 2.54 bits per heavy atom. The molecule has 0 bridgehead atoms. The lowest BCUT2D eigenvalue weighted by atomic mass is 10.1. The maximum Gasteiger partial charge on any atom is 0.307 e. The average Bonchev–Trinajstić information content (AvgIpc) is 2.55. The van der Waals surface area contributed by atoms with Gasteiger partial charge in [0.1, 0.15) is 0 Å². The Morgan fingerprint density at radius 3 is 3.08 bits per heavy atom. The molecule has 0 fully saturated rings. The Hall–Kier alpha value is -1.22. The van der Waals surface area contributed by atoms with Crippen LogP contribution in [0.2, 0.25) is 0 Å². The Balaban J connectivity index is 2.42. The molecule has 0 aliphatic heterocycles. The first kappa shape index (κ1) is 9.86. The molecule has 0 spiro atoms. The first-order valence-electron chi connectivity index (χ1n) is 4.29. The van der Waals surface area contributed by atoms with Gasteiger partial charge in [0.05, 0.1) is 13.0 Å². The molecule has 0 aromatic heterocycles. The van der Waals surface area contributed by atoms with Gasteiger partial charge < -0.3 is 9.84 Å². The summed E-state index contributed by atoms with van der Waals surface area (Å²) in [6.45, 7) is 2.10. The van der Waals surface area contributed by atoms with Crippen LogP contribution in [0.15, 0.2) is 24.3 Å². The minimum absolute atomic E-state index is 0.0256. The number of aliphatic hydroxyl groups excluding tert-OH is 1. The van der Waals surface area contributed by atoms with E-state index in [1.807, 2.05) is 12.1 Å². The van der Waals surface area contributed by atoms with E-state index in [-0.39, 0.29) is 12.4 Å². The van der Waals surface area contributed by atoms with Crippen LogP contribution in [-0.2, 0) is 9.53 Å². The van der Waals surface area contributed by atoms with Gasteiger partial charge in [-0.25, -0.2) is 6.07 Å². The van der Waals surface area contributed by atoms with Crippen molar-refractivity contribution in [2.75, 3.05) is 6.61 Å². The highest BCUT2D eigenvalue weighted by Crippen LogP contribution is 2.16. The molecule has 13 heavy (non-hydrogen) atoms. The minimum atomic E-state index is -0.742. The molecule has 0 saturated carbocycles. The summed E-state index contributed by atoms with van der Waals surface area (Å²) in [5.41, 5.74) is 0.757. The zero-order valence-corrected chi connectivity index (χ0v) is 7.56. The van der Waals surface area contributed by atoms with E-state index in [0.29, 0.717) is 6.61 Å². The summed E-state index contributed by atoms with van der Waals surface area (Å²) in [6.07, 6.45) is -0.716. The van der Waals surface area contributed by atoms with E-state index < -0.39 is 6.10 Å². The van der Waals surface area contributed by atoms with Gasteiger partial charge in [0.25, 0.3) is 0 Å². The van der Waals surface area contributed by atoms with Crippen LogP contribution in [0.5, 0.6) is 0 Å². The molecule has 1 unspecified atom stereocenters. The lowest BCUT2D eigenvalue weighted by molar-refractivity contribution is -0.145. The number of esters is 1. The largest absolute Gasteiger partial charge is 0.466 e. The summed E-state index contributed by atoms with van der Waals surface area (Å²) >= 11 is 0. The van der Waals surface area contributed by atoms with Crippen LogP contribution in [0.1, 0.15) is 25.0 Å². The Kier molecular flexibility index (Phi) is 3.58. The summed E-state index contributed by atoms with van der Waals surface area (Å²) in [6, 6.07) is 7.21. The van der Waals surface area contributed by atoms with Crippen molar-refractivity contribution in [3.63, 3.8) is 0 Å². The molecule has 1 atom stereocenters. The molecule has 0 aliphatic carbocycles. The Morgan fingerprint density at radius 1 is 1.77 bits per heavy atom. The molecule has 0 aliphatic rings. The van der Waals surface area contributed by atoms with E-state index in [9.17, 15) is 9.90 Å². The molecule has 1 rings (SSSR count). The summed E-state index contributed by atoms with van der Waals surface area (Å²) in [4.78, 5) is 11.0. The predicted molar refractivity (Wildman–Crippen MR) is 48.2 cm³/mol. The maximum atomic E-state index is 11.0. The van der Waals surface area contributed by atoms with Crippen molar-refractivity contribution in [2.24, 2.45) is 0 Å². The SMILES string of the molecule is CCOC(=O)CC(O)c1cc[cH-]c1. The van der Waals surface area contributed by atoms with Crippen LogP contribution in [0.4, 0.5) is 0 Å². The van der Waals surface area contributed by atoms with Crippen molar-refractivity contribution in [3.05, 3.63) is 29.8 Å². The van der Waals surface area contributed by atoms with Gasteiger partial charge in [0, 0.05) is 6.10 Å². The van der Waals surface area contributed by atoms with Crippen molar-refractivity contribution in [2.45, 2.75) is 19.4 Å². The smallest absolute Gasteiger partial charge is 0.307 e. The highest BCUT2D eigenvalue weighted by atomic mass is 16.5. The maximum absolute atomic E-state index is 11.0. The summed E-state index contributed by atoms with van der Waals surface area (Å²) < 4.78 is 4.71. The fourth-order valence-electron chi connectivity index (χ4n) is 1.11. The molecule has 1 N–H and O–H groups in total. The third kappa shape index (κ3) is 2.95. The zero-order chi connectivity index (χ0) is 9.68. The summed E-state index contributed by atoms with van der Waals surface area (Å²) in [5.74, 6) is -0.365. The predicted octanol–water partition coefficient (Wildman–Crippen LogP) is 1.39. The van der Waals surface area contributed by atoms with Crippen molar-refractivity contribution < 1.29 is 14.6 Å². The fraction of sp³-hybridized carbons (Fsp3) is 0.400. The second-order valence-electron chi connectivity index (χ2n) is 2.74. The molecule has 0 amide bonds. The number of ether oxygens (including phenoxy) is 1. The van der Waals surface area contributed by atoms with E-state index in [2.05, 4.69) is 0 Å². The molecule has 72 valence electrons. The second-order valence-corrected chi connectivity index (χ2v) is 2.74. The first-order valence-corrected chi connectivity index (χ1v) is 4.29. The van der Waals surface area contributed by atoms with E-state index in [1.165, 1.54) is 0 Å². The van der Waals surface area contributed by atoms with Gasteiger partial charge in [0.2, 0.25) is 0 Å². The minimum Gasteiger partial charge on any atom is -0.466 e. The molecule has 3 heteroatoms. The second kappa shape index (κ2) is 4.72. The van der Waals surface area contributed by atoms with Crippen LogP contribution < -0.4 is 0 Å². The highest BCUT2D eigenvalue weighted by molar-refractivity contribution is 5.70. The van der Waals surface area contributed by atoms with Gasteiger partial charge >= 0.3 is 5.97 Å². The number of hydrogen-bond acceptors (Lipinski definition) is 3. The monoisotopic (exact) mass is 181 g/mol. The number of hydrogen-bond donors (Lipinski definition) is 1. The summed E-state index contributed by atoms with van der Waals surface area (Å²) in [7, 11) is 0. The number of carbonyl (C=O) groups excluding carboxylic acids is 1. The van der Waals surface area contributed by atoms with Gasteiger partial charge in [0.15, 0.2) is 0 Å². The van der Waals surface area contributed by atoms with Crippen molar-refractivity contribution in [1.29, 1.82) is 0 Å². The molecular weight excluding hydrogens is 168 g/mol. The summed E-state index contributed by atoms with van der Waals surface area (Å²) in [5, 5.41) is 9.51. The Bertz CT molecular complexity index is 251. The number of rotatable bonds is 4. The lowest BCUT2D eigenvalue weighted by Gasteiger charge is -2.12. The standard InChI is InChI=1S/C10H13O3/c1-2-13-10(12)7-9(11)8-5-3-4-6-8/h3-6,9,11H,2,7H2,1H3/q-1. The van der Waals surface area contributed by atoms with Gasteiger partial charge in [-0.15, -0.1) is 0 Å². The van der Waals surface area contributed by atoms with Crippen LogP contribution in [0.25, 0.3) is 0 Å². The van der Waals surface area contributed by atoms with E-state index in [0.717, 1.165) is 5.56 Å². The number of aliphatic hydroxyl groups is 1. The third-order valence-electron chi connectivity index (χ3n) is 1.74. The zero-order valence-electron chi connectivity index (χ0n) is 7.56. The van der Waals surface area contributed by atoms with Crippen molar-refractivity contribution >= 4 is 5.97 Å². The average molecular weight is 181 g/mol. The fourth-order valence-corrected chi connectivity index (χ4v) is 1.11. The van der Waals surface area contributed by atoms with Crippen LogP contribution in [0.3, 0.4) is 0 Å². The molecule has 3 nitrogen and oxygen atoms in total. The topological polar surface area (TPSA) is 46.5 Å².